The zero-order valence-corrected chi connectivity index (χ0v) is 17.3. The van der Waals surface area contributed by atoms with Gasteiger partial charge in [0.1, 0.15) is 24.2 Å². The zero-order chi connectivity index (χ0) is 24.8. The van der Waals surface area contributed by atoms with Crippen LogP contribution in [0.5, 0.6) is 0 Å². The van der Waals surface area contributed by atoms with Crippen molar-refractivity contribution in [3.05, 3.63) is 0 Å². The summed E-state index contributed by atoms with van der Waals surface area (Å²) < 4.78 is 0. The number of hydrogen-bond donors (Lipinski definition) is 9. The fourth-order valence-electron chi connectivity index (χ4n) is 2.45. The van der Waals surface area contributed by atoms with Crippen molar-refractivity contribution in [3.63, 3.8) is 0 Å². The van der Waals surface area contributed by atoms with Crippen molar-refractivity contribution >= 4 is 35.6 Å². The van der Waals surface area contributed by atoms with Crippen molar-refractivity contribution in [2.45, 2.75) is 56.3 Å². The summed E-state index contributed by atoms with van der Waals surface area (Å²) in [5, 5.41) is 33.5. The van der Waals surface area contributed by atoms with Crippen molar-refractivity contribution in [3.8, 4) is 0 Å². The van der Waals surface area contributed by atoms with E-state index in [1.54, 1.807) is 0 Å². The molecule has 0 saturated heterocycles. The first-order valence-corrected chi connectivity index (χ1v) is 9.63. The van der Waals surface area contributed by atoms with Gasteiger partial charge in [0.15, 0.2) is 0 Å². The van der Waals surface area contributed by atoms with E-state index in [0.29, 0.717) is 19.4 Å². The number of amides is 4. The second-order valence-corrected chi connectivity index (χ2v) is 6.86. The van der Waals surface area contributed by atoms with Crippen molar-refractivity contribution < 1.29 is 44.1 Å². The minimum absolute atomic E-state index is 0.0633. The van der Waals surface area contributed by atoms with Crippen LogP contribution in [-0.2, 0) is 28.8 Å². The zero-order valence-electron chi connectivity index (χ0n) is 17.3. The Bertz CT molecular complexity index is 702. The molecule has 4 unspecified atom stereocenters. The number of primary amides is 1. The number of carboxylic acid groups (broad SMARTS) is 2. The number of nitrogens with one attached hydrogen (secondary N) is 3. The summed E-state index contributed by atoms with van der Waals surface area (Å²) in [7, 11) is 0. The van der Waals surface area contributed by atoms with Crippen LogP contribution in [0.25, 0.3) is 0 Å². The van der Waals surface area contributed by atoms with Crippen LogP contribution in [-0.4, -0.2) is 88.2 Å². The van der Waals surface area contributed by atoms with Gasteiger partial charge in [-0.25, -0.2) is 4.79 Å². The molecular weight excluding hydrogens is 432 g/mol. The van der Waals surface area contributed by atoms with E-state index in [9.17, 15) is 28.8 Å². The number of nitrogens with two attached hydrogens (primary N) is 3. The number of unbranched alkanes of at least 4 members (excludes halogenated alkanes) is 1. The van der Waals surface area contributed by atoms with Gasteiger partial charge >= 0.3 is 11.9 Å². The van der Waals surface area contributed by atoms with E-state index in [1.165, 1.54) is 0 Å². The van der Waals surface area contributed by atoms with E-state index in [-0.39, 0.29) is 6.42 Å². The number of aliphatic carboxylic acids is 2. The first kappa shape index (κ1) is 28.7. The molecule has 12 N–H and O–H groups in total. The van der Waals surface area contributed by atoms with Crippen molar-refractivity contribution in [1.29, 1.82) is 0 Å². The summed E-state index contributed by atoms with van der Waals surface area (Å²) in [4.78, 5) is 70.3. The van der Waals surface area contributed by atoms with Gasteiger partial charge in [-0.2, -0.15) is 0 Å². The Labute approximate surface area is 183 Å². The molecule has 15 heteroatoms. The fourth-order valence-corrected chi connectivity index (χ4v) is 2.45. The molecule has 0 spiro atoms. The number of hydrogen-bond acceptors (Lipinski definition) is 9. The van der Waals surface area contributed by atoms with Gasteiger partial charge in [0, 0.05) is 0 Å². The first-order valence-electron chi connectivity index (χ1n) is 9.63. The normalized spacial score (nSPS) is 14.3. The topological polar surface area (TPSA) is 277 Å². The van der Waals surface area contributed by atoms with Crippen molar-refractivity contribution in [2.24, 2.45) is 17.2 Å². The fraction of sp³-hybridized carbons (Fsp3) is 0.647. The second-order valence-electron chi connectivity index (χ2n) is 6.86. The molecule has 0 aromatic heterocycles. The molecule has 15 nitrogen and oxygen atoms in total. The number of carbonyl (C=O) groups excluding carboxylic acids is 4. The van der Waals surface area contributed by atoms with Gasteiger partial charge in [-0.1, -0.05) is 0 Å². The van der Waals surface area contributed by atoms with E-state index < -0.39 is 79.2 Å². The highest BCUT2D eigenvalue weighted by Crippen LogP contribution is 2.04. The molecule has 0 rings (SSSR count). The standard InChI is InChI=1S/C17H30N6O9/c18-4-2-1-3-9(21-14(28)8(19)7-24)15(29)22-10(6-13(26)27)16(30)23-11(17(31)32)5-12(20)25/h8-11,24H,1-7,18-19H2,(H2,20,25)(H,21,28)(H,22,29)(H,23,30)(H,26,27)(H,31,32). The summed E-state index contributed by atoms with van der Waals surface area (Å²) in [5.41, 5.74) is 15.7. The first-order chi connectivity index (χ1) is 14.9. The molecule has 0 aromatic rings. The minimum Gasteiger partial charge on any atom is -0.481 e. The maximum Gasteiger partial charge on any atom is 0.326 e. The van der Waals surface area contributed by atoms with E-state index in [0.717, 1.165) is 0 Å². The number of carboxylic acids is 2. The highest BCUT2D eigenvalue weighted by Gasteiger charge is 2.31. The Morgan fingerprint density at radius 2 is 1.31 bits per heavy atom. The molecule has 0 radical (unpaired) electrons. The maximum atomic E-state index is 12.7. The second kappa shape index (κ2) is 14.7. The molecule has 4 amide bonds. The number of aliphatic hydroxyl groups excluding tert-OH is 1. The average molecular weight is 462 g/mol. The van der Waals surface area contributed by atoms with Crippen LogP contribution < -0.4 is 33.2 Å². The molecular formula is C17H30N6O9. The molecule has 182 valence electrons. The lowest BCUT2D eigenvalue weighted by molar-refractivity contribution is -0.144. The molecule has 0 bridgehead atoms. The van der Waals surface area contributed by atoms with Crippen molar-refractivity contribution in [2.75, 3.05) is 13.2 Å². The summed E-state index contributed by atoms with van der Waals surface area (Å²) in [6.07, 6.45) is -0.726. The maximum absolute atomic E-state index is 12.7. The van der Waals surface area contributed by atoms with Gasteiger partial charge in [-0.15, -0.1) is 0 Å². The molecule has 0 aliphatic heterocycles. The van der Waals surface area contributed by atoms with E-state index in [1.807, 2.05) is 5.32 Å². The lowest BCUT2D eigenvalue weighted by atomic mass is 10.1. The Morgan fingerprint density at radius 1 is 0.781 bits per heavy atom. The van der Waals surface area contributed by atoms with Crippen LogP contribution in [0.1, 0.15) is 32.1 Å². The monoisotopic (exact) mass is 462 g/mol. The number of carbonyl (C=O) groups is 6. The Hall–Kier alpha value is -3.30. The van der Waals surface area contributed by atoms with Crippen LogP contribution >= 0.6 is 0 Å². The van der Waals surface area contributed by atoms with E-state index >= 15 is 0 Å². The van der Waals surface area contributed by atoms with Crippen LogP contribution in [0.4, 0.5) is 0 Å². The van der Waals surface area contributed by atoms with E-state index in [4.69, 9.17) is 32.5 Å². The third kappa shape index (κ3) is 11.2. The summed E-state index contributed by atoms with van der Waals surface area (Å²) in [6, 6.07) is -6.02. The minimum atomic E-state index is -1.74. The van der Waals surface area contributed by atoms with Gasteiger partial charge in [0.05, 0.1) is 19.4 Å². The smallest absolute Gasteiger partial charge is 0.326 e. The SMILES string of the molecule is NCCCCC(NC(=O)C(N)CO)C(=O)NC(CC(=O)O)C(=O)NC(CC(N)=O)C(=O)O. The quantitative estimate of drug-likeness (QED) is 0.0982. The van der Waals surface area contributed by atoms with Gasteiger partial charge in [0.25, 0.3) is 0 Å². The Balaban J connectivity index is 5.49. The molecule has 0 fully saturated rings. The van der Waals surface area contributed by atoms with Crippen LogP contribution in [0, 0.1) is 0 Å². The third-order valence-electron chi connectivity index (χ3n) is 4.14. The van der Waals surface area contributed by atoms with Crippen LogP contribution in [0.3, 0.4) is 0 Å². The van der Waals surface area contributed by atoms with Gasteiger partial charge in [-0.3, -0.25) is 24.0 Å². The predicted octanol–water partition coefficient (Wildman–Crippen LogP) is -4.68. The van der Waals surface area contributed by atoms with Crippen molar-refractivity contribution in [1.82, 2.24) is 16.0 Å². The van der Waals surface area contributed by atoms with Gasteiger partial charge in [-0.05, 0) is 25.8 Å². The molecule has 0 saturated carbocycles. The van der Waals surface area contributed by atoms with Crippen LogP contribution in [0.15, 0.2) is 0 Å². The van der Waals surface area contributed by atoms with E-state index in [2.05, 4.69) is 10.6 Å². The predicted molar refractivity (Wildman–Crippen MR) is 107 cm³/mol. The largest absolute Gasteiger partial charge is 0.481 e. The highest BCUT2D eigenvalue weighted by molar-refractivity contribution is 5.96. The van der Waals surface area contributed by atoms with Crippen LogP contribution in [0.2, 0.25) is 0 Å². The third-order valence-corrected chi connectivity index (χ3v) is 4.14. The van der Waals surface area contributed by atoms with Gasteiger partial charge < -0.3 is 48.5 Å². The molecule has 4 atom stereocenters. The summed E-state index contributed by atoms with van der Waals surface area (Å²) in [6.45, 7) is -0.387. The Kier molecular flexibility index (Phi) is 13.1. The molecule has 0 aliphatic carbocycles. The lowest BCUT2D eigenvalue weighted by Gasteiger charge is -2.24. The number of rotatable bonds is 16. The molecule has 32 heavy (non-hydrogen) atoms. The lowest BCUT2D eigenvalue weighted by Crippen LogP contribution is -2.58. The summed E-state index contributed by atoms with van der Waals surface area (Å²) >= 11 is 0. The number of aliphatic hydroxyl groups is 1. The van der Waals surface area contributed by atoms with Gasteiger partial charge in [0.2, 0.25) is 23.6 Å². The Morgan fingerprint density at radius 3 is 1.78 bits per heavy atom. The average Bonchev–Trinajstić information content (AvgIpc) is 2.70. The summed E-state index contributed by atoms with van der Waals surface area (Å²) in [5.74, 6) is -7.09. The molecule has 0 aliphatic rings. The highest BCUT2D eigenvalue weighted by atomic mass is 16.4. The molecule has 0 aromatic carbocycles. The molecule has 0 heterocycles.